The van der Waals surface area contributed by atoms with E-state index in [2.05, 4.69) is 10.2 Å². The van der Waals surface area contributed by atoms with E-state index in [1.165, 1.54) is 38.5 Å². The number of carbonyl (C=O) groups is 2. The zero-order chi connectivity index (χ0) is 23.2. The molecule has 4 rings (SSSR count). The minimum Gasteiger partial charge on any atom is -0.378 e. The first-order chi connectivity index (χ1) is 16.0. The summed E-state index contributed by atoms with van der Waals surface area (Å²) >= 11 is 0. The summed E-state index contributed by atoms with van der Waals surface area (Å²) in [4.78, 5) is 30.6. The molecular weight excluding hydrogens is 410 g/mol. The summed E-state index contributed by atoms with van der Waals surface area (Å²) in [7, 11) is 3.97. The van der Waals surface area contributed by atoms with Crippen LogP contribution in [0.2, 0.25) is 0 Å². The lowest BCUT2D eigenvalue weighted by molar-refractivity contribution is 0.0448. The van der Waals surface area contributed by atoms with Crippen molar-refractivity contribution in [2.24, 2.45) is 0 Å². The Bertz CT molecular complexity index is 907. The number of rotatable bonds is 6. The monoisotopic (exact) mass is 447 g/mol. The summed E-state index contributed by atoms with van der Waals surface area (Å²) in [6.45, 7) is 0. The van der Waals surface area contributed by atoms with Crippen molar-refractivity contribution in [1.29, 1.82) is 0 Å². The Morgan fingerprint density at radius 3 is 1.67 bits per heavy atom. The van der Waals surface area contributed by atoms with Gasteiger partial charge in [0, 0.05) is 48.7 Å². The smallest absolute Gasteiger partial charge is 0.255 e. The van der Waals surface area contributed by atoms with Gasteiger partial charge >= 0.3 is 0 Å². The number of anilines is 2. The minimum absolute atomic E-state index is 0.139. The summed E-state index contributed by atoms with van der Waals surface area (Å²) < 4.78 is 0. The van der Waals surface area contributed by atoms with Crippen LogP contribution in [0.25, 0.3) is 0 Å². The van der Waals surface area contributed by atoms with E-state index < -0.39 is 0 Å². The Morgan fingerprint density at radius 1 is 0.697 bits per heavy atom. The van der Waals surface area contributed by atoms with Crippen LogP contribution in [-0.4, -0.2) is 42.9 Å². The Balaban J connectivity index is 1.45. The molecule has 1 N–H and O–H groups in total. The largest absolute Gasteiger partial charge is 0.378 e. The molecule has 5 heteroatoms. The van der Waals surface area contributed by atoms with E-state index in [1.807, 2.05) is 55.4 Å². The van der Waals surface area contributed by atoms with Crippen molar-refractivity contribution in [3.63, 3.8) is 0 Å². The van der Waals surface area contributed by atoms with Gasteiger partial charge in [0.05, 0.1) is 0 Å². The van der Waals surface area contributed by atoms with Crippen LogP contribution in [0.1, 0.15) is 84.9 Å². The molecular formula is C28H37N3O2. The standard InChI is InChI=1S/C28H37N3O2/c1-30(2)24-19-17-23(18-20-24)29-27(32)21-13-15-22(16-14-21)28(33)31(25-9-5-3-6-10-25)26-11-7-4-8-12-26/h13-20,25-26H,3-12H2,1-2H3,(H,29,32). The highest BCUT2D eigenvalue weighted by Crippen LogP contribution is 2.31. The Hall–Kier alpha value is -2.82. The SMILES string of the molecule is CN(C)c1ccc(NC(=O)c2ccc(C(=O)N(C3CCCCC3)C3CCCCC3)cc2)cc1. The number of carbonyl (C=O) groups excluding carboxylic acids is 2. The fourth-order valence-electron chi connectivity index (χ4n) is 5.31. The first-order valence-electron chi connectivity index (χ1n) is 12.5. The van der Waals surface area contributed by atoms with Crippen molar-refractivity contribution in [3.05, 3.63) is 59.7 Å². The van der Waals surface area contributed by atoms with Crippen LogP contribution < -0.4 is 10.2 Å². The molecule has 0 spiro atoms. The van der Waals surface area contributed by atoms with E-state index in [-0.39, 0.29) is 11.8 Å². The van der Waals surface area contributed by atoms with Gasteiger partial charge in [-0.1, -0.05) is 38.5 Å². The quantitative estimate of drug-likeness (QED) is 0.581. The zero-order valence-electron chi connectivity index (χ0n) is 20.1. The van der Waals surface area contributed by atoms with Gasteiger partial charge in [-0.05, 0) is 74.2 Å². The number of amides is 2. The number of hydrogen-bond acceptors (Lipinski definition) is 3. The Morgan fingerprint density at radius 2 is 1.18 bits per heavy atom. The molecule has 0 aromatic heterocycles. The molecule has 2 fully saturated rings. The van der Waals surface area contributed by atoms with Crippen LogP contribution in [0.15, 0.2) is 48.5 Å². The topological polar surface area (TPSA) is 52.7 Å². The van der Waals surface area contributed by atoms with Crippen LogP contribution in [-0.2, 0) is 0 Å². The van der Waals surface area contributed by atoms with Crippen LogP contribution in [0.5, 0.6) is 0 Å². The first-order valence-corrected chi connectivity index (χ1v) is 12.5. The van der Waals surface area contributed by atoms with Gasteiger partial charge < -0.3 is 15.1 Å². The summed E-state index contributed by atoms with van der Waals surface area (Å²) in [5.41, 5.74) is 3.09. The zero-order valence-corrected chi connectivity index (χ0v) is 20.1. The normalized spacial score (nSPS) is 17.4. The highest BCUT2D eigenvalue weighted by molar-refractivity contribution is 6.05. The van der Waals surface area contributed by atoms with Gasteiger partial charge in [0.2, 0.25) is 0 Å². The lowest BCUT2D eigenvalue weighted by atomic mass is 9.88. The molecule has 33 heavy (non-hydrogen) atoms. The maximum absolute atomic E-state index is 13.6. The van der Waals surface area contributed by atoms with E-state index in [0.717, 1.165) is 37.1 Å². The van der Waals surface area contributed by atoms with Crippen LogP contribution in [0.3, 0.4) is 0 Å². The molecule has 0 bridgehead atoms. The summed E-state index contributed by atoms with van der Waals surface area (Å²) in [5.74, 6) is -0.0250. The van der Waals surface area contributed by atoms with Crippen LogP contribution in [0.4, 0.5) is 11.4 Å². The highest BCUT2D eigenvalue weighted by atomic mass is 16.2. The molecule has 2 aromatic carbocycles. The van der Waals surface area contributed by atoms with Gasteiger partial charge in [0.1, 0.15) is 0 Å². The predicted octanol–water partition coefficient (Wildman–Crippen LogP) is 6.11. The number of nitrogens with zero attached hydrogens (tertiary/aromatic N) is 2. The van der Waals surface area contributed by atoms with Crippen LogP contribution >= 0.6 is 0 Å². The predicted molar refractivity (Wildman–Crippen MR) is 135 cm³/mol. The van der Waals surface area contributed by atoms with Crippen molar-refractivity contribution in [2.75, 3.05) is 24.3 Å². The maximum atomic E-state index is 13.6. The molecule has 0 saturated heterocycles. The van der Waals surface area contributed by atoms with Crippen molar-refractivity contribution >= 4 is 23.2 Å². The lowest BCUT2D eigenvalue weighted by Crippen LogP contribution is -2.48. The van der Waals surface area contributed by atoms with E-state index >= 15 is 0 Å². The molecule has 2 aromatic rings. The molecule has 2 saturated carbocycles. The van der Waals surface area contributed by atoms with Crippen molar-refractivity contribution < 1.29 is 9.59 Å². The minimum atomic E-state index is -0.164. The third-order valence-corrected chi connectivity index (χ3v) is 7.21. The third-order valence-electron chi connectivity index (χ3n) is 7.21. The molecule has 0 aliphatic heterocycles. The molecule has 5 nitrogen and oxygen atoms in total. The molecule has 0 unspecified atom stereocenters. The second-order valence-electron chi connectivity index (χ2n) is 9.77. The van der Waals surface area contributed by atoms with E-state index in [9.17, 15) is 9.59 Å². The van der Waals surface area contributed by atoms with Crippen LogP contribution in [0, 0.1) is 0 Å². The number of benzene rings is 2. The molecule has 2 aliphatic carbocycles. The molecule has 176 valence electrons. The van der Waals surface area contributed by atoms with E-state index in [0.29, 0.717) is 23.2 Å². The highest BCUT2D eigenvalue weighted by Gasteiger charge is 2.33. The van der Waals surface area contributed by atoms with Gasteiger partial charge in [-0.15, -0.1) is 0 Å². The van der Waals surface area contributed by atoms with Gasteiger partial charge in [-0.2, -0.15) is 0 Å². The molecule has 0 atom stereocenters. The summed E-state index contributed by atoms with van der Waals surface area (Å²) in [6, 6.07) is 15.7. The lowest BCUT2D eigenvalue weighted by Gasteiger charge is -2.42. The second-order valence-corrected chi connectivity index (χ2v) is 9.77. The van der Waals surface area contributed by atoms with Gasteiger partial charge in [0.25, 0.3) is 11.8 Å². The van der Waals surface area contributed by atoms with Gasteiger partial charge in [0.15, 0.2) is 0 Å². The fraction of sp³-hybridized carbons (Fsp3) is 0.500. The average Bonchev–Trinajstić information content (AvgIpc) is 2.86. The first kappa shape index (κ1) is 23.3. The molecule has 0 radical (unpaired) electrons. The van der Waals surface area contributed by atoms with E-state index in [4.69, 9.17) is 0 Å². The van der Waals surface area contributed by atoms with E-state index in [1.54, 1.807) is 12.1 Å². The van der Waals surface area contributed by atoms with Crippen molar-refractivity contribution in [2.45, 2.75) is 76.3 Å². The molecule has 2 aliphatic rings. The number of hydrogen-bond donors (Lipinski definition) is 1. The Kier molecular flexibility index (Phi) is 7.69. The summed E-state index contributed by atoms with van der Waals surface area (Å²) in [6.07, 6.45) is 11.9. The van der Waals surface area contributed by atoms with Gasteiger partial charge in [-0.3, -0.25) is 9.59 Å². The average molecular weight is 448 g/mol. The third kappa shape index (κ3) is 5.76. The maximum Gasteiger partial charge on any atom is 0.255 e. The van der Waals surface area contributed by atoms with Crippen molar-refractivity contribution in [3.8, 4) is 0 Å². The molecule has 0 heterocycles. The Labute approximate surface area is 198 Å². The van der Waals surface area contributed by atoms with Crippen molar-refractivity contribution in [1.82, 2.24) is 4.90 Å². The fourth-order valence-corrected chi connectivity index (χ4v) is 5.31. The number of nitrogens with one attached hydrogen (secondary N) is 1. The molecule has 2 amide bonds. The van der Waals surface area contributed by atoms with Gasteiger partial charge in [-0.25, -0.2) is 0 Å². The summed E-state index contributed by atoms with van der Waals surface area (Å²) in [5, 5.41) is 2.95. The second kappa shape index (κ2) is 10.9.